The van der Waals surface area contributed by atoms with E-state index in [1.54, 1.807) is 0 Å². The van der Waals surface area contributed by atoms with E-state index in [4.69, 9.17) is 15.9 Å². The molecule has 1 atom stereocenters. The normalized spacial score (nSPS) is 10.7. The number of carbonyl (C=O) groups excluding carboxylic acids is 1. The minimum atomic E-state index is -1.21. The zero-order valence-corrected chi connectivity index (χ0v) is 7.34. The van der Waals surface area contributed by atoms with E-state index in [0.717, 1.165) is 0 Å². The summed E-state index contributed by atoms with van der Waals surface area (Å²) in [6.07, 6.45) is -0.310. The number of carboxylic acid groups (broad SMARTS) is 2. The smallest absolute Gasteiger partial charge is 0.321 e. The molecule has 8 nitrogen and oxygen atoms in total. The van der Waals surface area contributed by atoms with Crippen molar-refractivity contribution in [2.45, 2.75) is 12.5 Å². The summed E-state index contributed by atoms with van der Waals surface area (Å²) in [5.41, 5.74) is 14.1. The van der Waals surface area contributed by atoms with Crippen molar-refractivity contribution in [3.8, 4) is 0 Å². The van der Waals surface area contributed by atoms with Gasteiger partial charge in [-0.1, -0.05) is 0 Å². The topological polar surface area (TPSA) is 170 Å². The molecule has 14 heavy (non-hydrogen) atoms. The van der Waals surface area contributed by atoms with Gasteiger partial charge in [-0.25, -0.2) is 0 Å². The van der Waals surface area contributed by atoms with E-state index < -0.39 is 23.9 Å². The Hall–Kier alpha value is -1.67. The molecule has 0 bridgehead atoms. The van der Waals surface area contributed by atoms with Crippen molar-refractivity contribution >= 4 is 17.8 Å². The fourth-order valence-electron chi connectivity index (χ4n) is 0.304. The van der Waals surface area contributed by atoms with E-state index in [-0.39, 0.29) is 13.0 Å². The van der Waals surface area contributed by atoms with Crippen molar-refractivity contribution in [1.82, 2.24) is 0 Å². The largest absolute Gasteiger partial charge is 0.480 e. The summed E-state index contributed by atoms with van der Waals surface area (Å²) in [5, 5.41) is 15.7. The van der Waals surface area contributed by atoms with Gasteiger partial charge in [0.2, 0.25) is 5.91 Å². The molecule has 1 amide bonds. The summed E-state index contributed by atoms with van der Waals surface area (Å²) in [6, 6.07) is -1.16. The van der Waals surface area contributed by atoms with Crippen molar-refractivity contribution < 1.29 is 24.6 Å². The maximum atomic E-state index is 9.99. The number of amides is 1. The maximum absolute atomic E-state index is 9.99. The molecule has 0 radical (unpaired) electrons. The second-order valence-corrected chi connectivity index (χ2v) is 2.21. The van der Waals surface area contributed by atoms with Gasteiger partial charge in [0, 0.05) is 0 Å². The molecule has 0 aromatic carbocycles. The quantitative estimate of drug-likeness (QED) is 0.334. The third kappa shape index (κ3) is 13.0. The fraction of sp³-hybridized carbons (Fsp3) is 0.500. The predicted molar refractivity (Wildman–Crippen MR) is 46.1 cm³/mol. The van der Waals surface area contributed by atoms with Gasteiger partial charge in [-0.05, 0) is 0 Å². The lowest BCUT2D eigenvalue weighted by Crippen LogP contribution is -2.34. The Kier molecular flexibility index (Phi) is 8.43. The Balaban J connectivity index is 0. The van der Waals surface area contributed by atoms with Gasteiger partial charge < -0.3 is 27.4 Å². The van der Waals surface area contributed by atoms with E-state index in [1.165, 1.54) is 0 Å². The summed E-state index contributed by atoms with van der Waals surface area (Å²) >= 11 is 0. The average molecular weight is 207 g/mol. The van der Waals surface area contributed by atoms with Crippen LogP contribution in [0.5, 0.6) is 0 Å². The lowest BCUT2D eigenvalue weighted by atomic mass is 10.2. The molecule has 0 aliphatic rings. The van der Waals surface area contributed by atoms with Crippen molar-refractivity contribution in [3.63, 3.8) is 0 Å². The Morgan fingerprint density at radius 3 is 1.64 bits per heavy atom. The Morgan fingerprint density at radius 2 is 1.57 bits per heavy atom. The lowest BCUT2D eigenvalue weighted by molar-refractivity contribution is -0.140. The molecule has 0 aliphatic heterocycles. The SMILES string of the molecule is NC(=O)C[C@H](N)C(=O)O.NCC(=O)O. The van der Waals surface area contributed by atoms with Crippen LogP contribution in [-0.4, -0.2) is 40.6 Å². The van der Waals surface area contributed by atoms with Crippen LogP contribution in [-0.2, 0) is 14.4 Å². The van der Waals surface area contributed by atoms with Crippen LogP contribution >= 0.6 is 0 Å². The summed E-state index contributed by atoms with van der Waals surface area (Å²) in [7, 11) is 0. The molecule has 0 heterocycles. The van der Waals surface area contributed by atoms with Crippen molar-refractivity contribution in [2.24, 2.45) is 17.2 Å². The summed E-state index contributed by atoms with van der Waals surface area (Å²) in [4.78, 5) is 29.1. The number of carbonyl (C=O) groups is 3. The van der Waals surface area contributed by atoms with Gasteiger partial charge in [0.15, 0.2) is 0 Å². The number of aliphatic carboxylic acids is 2. The highest BCUT2D eigenvalue weighted by atomic mass is 16.4. The van der Waals surface area contributed by atoms with E-state index in [2.05, 4.69) is 11.5 Å². The van der Waals surface area contributed by atoms with Gasteiger partial charge in [0.05, 0.1) is 13.0 Å². The molecule has 0 rings (SSSR count). The lowest BCUT2D eigenvalue weighted by Gasteiger charge is -1.99. The Bertz CT molecular complexity index is 218. The van der Waals surface area contributed by atoms with Crippen molar-refractivity contribution in [2.75, 3.05) is 6.54 Å². The van der Waals surface area contributed by atoms with Gasteiger partial charge in [0.25, 0.3) is 0 Å². The highest BCUT2D eigenvalue weighted by Gasteiger charge is 2.13. The molecule has 0 spiro atoms. The number of hydrogen-bond donors (Lipinski definition) is 5. The number of hydrogen-bond acceptors (Lipinski definition) is 5. The zero-order chi connectivity index (χ0) is 11.7. The molecule has 0 saturated carbocycles. The van der Waals surface area contributed by atoms with Crippen LogP contribution in [0.4, 0.5) is 0 Å². The highest BCUT2D eigenvalue weighted by Crippen LogP contribution is 1.84. The van der Waals surface area contributed by atoms with Crippen LogP contribution in [0.2, 0.25) is 0 Å². The van der Waals surface area contributed by atoms with Crippen LogP contribution in [0.15, 0.2) is 0 Å². The molecule has 0 fully saturated rings. The molecule has 8 heteroatoms. The first-order chi connectivity index (χ1) is 6.31. The van der Waals surface area contributed by atoms with Gasteiger partial charge in [0.1, 0.15) is 6.04 Å². The first-order valence-electron chi connectivity index (χ1n) is 3.49. The molecule has 0 unspecified atom stereocenters. The van der Waals surface area contributed by atoms with Gasteiger partial charge in [-0.15, -0.1) is 0 Å². The highest BCUT2D eigenvalue weighted by molar-refractivity contribution is 5.83. The third-order valence-electron chi connectivity index (χ3n) is 0.913. The van der Waals surface area contributed by atoms with Crippen LogP contribution < -0.4 is 17.2 Å². The predicted octanol–water partition coefficient (Wildman–Crippen LogP) is -2.70. The van der Waals surface area contributed by atoms with Crippen LogP contribution in [0.3, 0.4) is 0 Å². The summed E-state index contributed by atoms with van der Waals surface area (Å²) in [5.74, 6) is -2.89. The van der Waals surface area contributed by atoms with E-state index >= 15 is 0 Å². The van der Waals surface area contributed by atoms with Crippen LogP contribution in [0.25, 0.3) is 0 Å². The average Bonchev–Trinajstić information content (AvgIpc) is 2.04. The van der Waals surface area contributed by atoms with E-state index in [1.807, 2.05) is 0 Å². The molecule has 0 aromatic heterocycles. The van der Waals surface area contributed by atoms with Gasteiger partial charge >= 0.3 is 11.9 Å². The second kappa shape index (κ2) is 7.95. The minimum absolute atomic E-state index is 0.278. The van der Waals surface area contributed by atoms with Crippen LogP contribution in [0.1, 0.15) is 6.42 Å². The minimum Gasteiger partial charge on any atom is -0.480 e. The molecule has 8 N–H and O–H groups in total. The molecule has 82 valence electrons. The molecule has 0 saturated heterocycles. The Morgan fingerprint density at radius 1 is 1.21 bits per heavy atom. The van der Waals surface area contributed by atoms with Gasteiger partial charge in [-0.3, -0.25) is 14.4 Å². The number of rotatable bonds is 4. The zero-order valence-electron chi connectivity index (χ0n) is 7.34. The van der Waals surface area contributed by atoms with Crippen LogP contribution in [0, 0.1) is 0 Å². The molecule has 0 aromatic rings. The fourth-order valence-corrected chi connectivity index (χ4v) is 0.304. The molecular formula is C6H13N3O5. The standard InChI is InChI=1S/C4H8N2O3.C2H5NO2/c5-2(4(8)9)1-3(6)7;3-1-2(4)5/h2H,1,5H2,(H2,6,7)(H,8,9);1,3H2,(H,4,5)/t2-;/m0./s1. The number of carboxylic acids is 2. The Labute approximate surface area is 79.7 Å². The first kappa shape index (κ1) is 14.8. The monoisotopic (exact) mass is 207 g/mol. The van der Waals surface area contributed by atoms with Crippen molar-refractivity contribution in [1.29, 1.82) is 0 Å². The number of primary amides is 1. The maximum Gasteiger partial charge on any atom is 0.321 e. The second-order valence-electron chi connectivity index (χ2n) is 2.21. The van der Waals surface area contributed by atoms with Crippen molar-refractivity contribution in [3.05, 3.63) is 0 Å². The molecular weight excluding hydrogens is 194 g/mol. The van der Waals surface area contributed by atoms with E-state index in [0.29, 0.717) is 0 Å². The first-order valence-corrected chi connectivity index (χ1v) is 3.49. The third-order valence-corrected chi connectivity index (χ3v) is 0.913. The van der Waals surface area contributed by atoms with E-state index in [9.17, 15) is 14.4 Å². The summed E-state index contributed by atoms with van der Waals surface area (Å²) in [6.45, 7) is -0.278. The summed E-state index contributed by atoms with van der Waals surface area (Å²) < 4.78 is 0. The number of nitrogens with two attached hydrogens (primary N) is 3. The van der Waals surface area contributed by atoms with Gasteiger partial charge in [-0.2, -0.15) is 0 Å². The molecule has 0 aliphatic carbocycles.